The van der Waals surface area contributed by atoms with Crippen molar-refractivity contribution in [2.75, 3.05) is 13.2 Å². The Hall–Kier alpha value is -1.11. The first-order chi connectivity index (χ1) is 11.1. The average Bonchev–Trinajstić information content (AvgIpc) is 3.14. The Labute approximate surface area is 144 Å². The van der Waals surface area contributed by atoms with Gasteiger partial charge in [0.15, 0.2) is 0 Å². The molecule has 0 saturated carbocycles. The molecule has 0 spiro atoms. The van der Waals surface area contributed by atoms with Crippen LogP contribution in [0.4, 0.5) is 0 Å². The minimum absolute atomic E-state index is 0.114. The van der Waals surface area contributed by atoms with Crippen LogP contribution in [0.3, 0.4) is 0 Å². The minimum atomic E-state index is -1.07. The predicted octanol–water partition coefficient (Wildman–Crippen LogP) is 3.01. The molecule has 124 valence electrons. The van der Waals surface area contributed by atoms with Gasteiger partial charge in [-0.15, -0.1) is 0 Å². The maximum absolute atomic E-state index is 9.41. The molecule has 1 fully saturated rings. The Morgan fingerprint density at radius 1 is 1.43 bits per heavy atom. The molecule has 2 unspecified atom stereocenters. The van der Waals surface area contributed by atoms with Crippen molar-refractivity contribution in [1.29, 1.82) is 0 Å². The summed E-state index contributed by atoms with van der Waals surface area (Å²) < 4.78 is 14.0. The van der Waals surface area contributed by atoms with Crippen molar-refractivity contribution in [1.82, 2.24) is 9.55 Å². The van der Waals surface area contributed by atoms with Crippen molar-refractivity contribution in [2.24, 2.45) is 0 Å². The third-order valence-electron chi connectivity index (χ3n) is 3.90. The molecule has 2 heterocycles. The number of halogens is 2. The summed E-state index contributed by atoms with van der Waals surface area (Å²) >= 11 is 12.4. The highest BCUT2D eigenvalue weighted by Crippen LogP contribution is 2.40. The number of benzene rings is 1. The second kappa shape index (κ2) is 6.79. The van der Waals surface area contributed by atoms with Crippen LogP contribution in [-0.4, -0.2) is 34.0 Å². The summed E-state index contributed by atoms with van der Waals surface area (Å²) in [6.07, 6.45) is 4.02. The van der Waals surface area contributed by atoms with Crippen LogP contribution < -0.4 is 0 Å². The summed E-state index contributed by atoms with van der Waals surface area (Å²) in [5.74, 6) is -0.145. The first-order valence-electron chi connectivity index (χ1n) is 7.46. The topological polar surface area (TPSA) is 56.5 Å². The van der Waals surface area contributed by atoms with Gasteiger partial charge in [0, 0.05) is 29.4 Å². The second-order valence-electron chi connectivity index (χ2n) is 5.44. The number of nitrogens with zero attached hydrogens (tertiary/aromatic N) is 2. The Bertz CT molecular complexity index is 692. The van der Waals surface area contributed by atoms with E-state index in [2.05, 4.69) is 4.98 Å². The lowest BCUT2D eigenvalue weighted by Gasteiger charge is -2.30. The van der Waals surface area contributed by atoms with Gasteiger partial charge in [-0.05, 0) is 12.1 Å². The lowest BCUT2D eigenvalue weighted by Crippen LogP contribution is -2.34. The van der Waals surface area contributed by atoms with Crippen LogP contribution in [0, 0.1) is 0 Å². The summed E-state index contributed by atoms with van der Waals surface area (Å²) in [6.45, 7) is 2.62. The van der Waals surface area contributed by atoms with Gasteiger partial charge >= 0.3 is 0 Å². The predicted molar refractivity (Wildman–Crippen MR) is 87.7 cm³/mol. The van der Waals surface area contributed by atoms with Crippen LogP contribution in [-0.2, 0) is 28.2 Å². The van der Waals surface area contributed by atoms with Crippen molar-refractivity contribution in [2.45, 2.75) is 31.8 Å². The van der Waals surface area contributed by atoms with E-state index >= 15 is 0 Å². The standard InChI is InChI=1S/C16H18Cl2N2O3/c1-2-15-19-5-6-20(15)10-16(22-9-12(8-21)23-16)13-4-3-11(17)7-14(13)18/h3-7,12,21H,2,8-10H2,1H3. The summed E-state index contributed by atoms with van der Waals surface area (Å²) in [5, 5.41) is 10.4. The third-order valence-corrected chi connectivity index (χ3v) is 4.45. The third kappa shape index (κ3) is 3.25. The SMILES string of the molecule is CCc1nccn1CC1(c2ccc(Cl)cc2Cl)OCC(CO)O1. The van der Waals surface area contributed by atoms with E-state index in [1.807, 2.05) is 17.7 Å². The summed E-state index contributed by atoms with van der Waals surface area (Å²) in [5.41, 5.74) is 0.690. The second-order valence-corrected chi connectivity index (χ2v) is 6.28. The fourth-order valence-corrected chi connectivity index (χ4v) is 3.34. The molecule has 1 saturated heterocycles. The molecule has 0 radical (unpaired) electrons. The van der Waals surface area contributed by atoms with Gasteiger partial charge in [0.05, 0.1) is 24.8 Å². The zero-order valence-corrected chi connectivity index (χ0v) is 14.2. The first-order valence-corrected chi connectivity index (χ1v) is 8.21. The number of aliphatic hydroxyl groups is 1. The van der Waals surface area contributed by atoms with E-state index in [9.17, 15) is 5.11 Å². The van der Waals surface area contributed by atoms with Gasteiger partial charge < -0.3 is 19.1 Å². The largest absolute Gasteiger partial charge is 0.394 e. The highest BCUT2D eigenvalue weighted by atomic mass is 35.5. The van der Waals surface area contributed by atoms with Gasteiger partial charge in [0.25, 0.3) is 0 Å². The zero-order valence-electron chi connectivity index (χ0n) is 12.7. The van der Waals surface area contributed by atoms with E-state index < -0.39 is 11.9 Å². The van der Waals surface area contributed by atoms with E-state index in [1.165, 1.54) is 0 Å². The fourth-order valence-electron chi connectivity index (χ4n) is 2.79. The van der Waals surface area contributed by atoms with Crippen molar-refractivity contribution in [3.05, 3.63) is 52.0 Å². The normalized spacial score (nSPS) is 24.3. The number of hydrogen-bond acceptors (Lipinski definition) is 4. The Morgan fingerprint density at radius 2 is 2.26 bits per heavy atom. The number of aromatic nitrogens is 2. The molecule has 1 aliphatic rings. The molecule has 0 bridgehead atoms. The number of rotatable bonds is 5. The van der Waals surface area contributed by atoms with Gasteiger partial charge in [-0.2, -0.15) is 0 Å². The Kier molecular flexibility index (Phi) is 4.94. The van der Waals surface area contributed by atoms with Gasteiger partial charge in [-0.25, -0.2) is 4.98 Å². The highest BCUT2D eigenvalue weighted by molar-refractivity contribution is 6.35. The lowest BCUT2D eigenvalue weighted by molar-refractivity contribution is -0.190. The molecular formula is C16H18Cl2N2O3. The number of hydrogen-bond donors (Lipinski definition) is 1. The van der Waals surface area contributed by atoms with Gasteiger partial charge in [0.2, 0.25) is 5.79 Å². The molecule has 3 rings (SSSR count). The van der Waals surface area contributed by atoms with Gasteiger partial charge in [-0.3, -0.25) is 0 Å². The Balaban J connectivity index is 2.01. The summed E-state index contributed by atoms with van der Waals surface area (Å²) in [6, 6.07) is 5.21. The average molecular weight is 357 g/mol. The van der Waals surface area contributed by atoms with Gasteiger partial charge in [-0.1, -0.05) is 36.2 Å². The van der Waals surface area contributed by atoms with E-state index in [-0.39, 0.29) is 6.61 Å². The molecule has 2 aromatic rings. The van der Waals surface area contributed by atoms with Crippen LogP contribution in [0.25, 0.3) is 0 Å². The molecular weight excluding hydrogens is 339 g/mol. The van der Waals surface area contributed by atoms with Crippen molar-refractivity contribution >= 4 is 23.2 Å². The smallest absolute Gasteiger partial charge is 0.215 e. The van der Waals surface area contributed by atoms with E-state index in [0.29, 0.717) is 28.8 Å². The molecule has 0 aliphatic carbocycles. The summed E-state index contributed by atoms with van der Waals surface area (Å²) in [4.78, 5) is 4.33. The molecule has 1 aliphatic heterocycles. The van der Waals surface area contributed by atoms with Crippen LogP contribution in [0.2, 0.25) is 10.0 Å². The van der Waals surface area contributed by atoms with E-state index in [0.717, 1.165) is 12.2 Å². The van der Waals surface area contributed by atoms with Crippen molar-refractivity contribution in [3.63, 3.8) is 0 Å². The van der Waals surface area contributed by atoms with Crippen LogP contribution in [0.1, 0.15) is 18.3 Å². The number of ether oxygens (including phenoxy) is 2. The fraction of sp³-hybridized carbons (Fsp3) is 0.438. The zero-order chi connectivity index (χ0) is 16.4. The van der Waals surface area contributed by atoms with E-state index in [1.54, 1.807) is 24.4 Å². The molecule has 5 nitrogen and oxygen atoms in total. The molecule has 2 atom stereocenters. The number of aryl methyl sites for hydroxylation is 1. The number of aliphatic hydroxyl groups excluding tert-OH is 1. The molecule has 0 amide bonds. The molecule has 1 aromatic carbocycles. The van der Waals surface area contributed by atoms with Crippen molar-refractivity contribution in [3.8, 4) is 0 Å². The molecule has 1 N–H and O–H groups in total. The van der Waals surface area contributed by atoms with Crippen molar-refractivity contribution < 1.29 is 14.6 Å². The van der Waals surface area contributed by atoms with Crippen LogP contribution >= 0.6 is 23.2 Å². The first kappa shape index (κ1) is 16.7. The minimum Gasteiger partial charge on any atom is -0.394 e. The molecule has 23 heavy (non-hydrogen) atoms. The maximum atomic E-state index is 9.41. The van der Waals surface area contributed by atoms with Crippen LogP contribution in [0.15, 0.2) is 30.6 Å². The Morgan fingerprint density at radius 3 is 2.91 bits per heavy atom. The lowest BCUT2D eigenvalue weighted by atomic mass is 10.1. The quantitative estimate of drug-likeness (QED) is 0.894. The molecule has 7 heteroatoms. The van der Waals surface area contributed by atoms with Gasteiger partial charge in [0.1, 0.15) is 11.9 Å². The molecule has 1 aromatic heterocycles. The van der Waals surface area contributed by atoms with Crippen LogP contribution in [0.5, 0.6) is 0 Å². The monoisotopic (exact) mass is 356 g/mol. The summed E-state index contributed by atoms with van der Waals surface area (Å²) in [7, 11) is 0. The maximum Gasteiger partial charge on any atom is 0.215 e. The number of imidazole rings is 1. The highest BCUT2D eigenvalue weighted by Gasteiger charge is 2.45. The van der Waals surface area contributed by atoms with E-state index in [4.69, 9.17) is 32.7 Å².